The summed E-state index contributed by atoms with van der Waals surface area (Å²) in [5, 5.41) is 11.7. The van der Waals surface area contributed by atoms with E-state index in [1.54, 1.807) is 46.4 Å². The maximum absolute atomic E-state index is 12.1. The maximum Gasteiger partial charge on any atom is 0.244 e. The molecule has 2 aromatic heterocycles. The smallest absolute Gasteiger partial charge is 0.244 e. The SMILES string of the molecule is O=C(Cn1cccn1)N1CC[C@@H](Oc2cccnn2)C1. The van der Waals surface area contributed by atoms with Crippen LogP contribution in [0.1, 0.15) is 6.42 Å². The Morgan fingerprint density at radius 1 is 1.40 bits per heavy atom. The highest BCUT2D eigenvalue weighted by molar-refractivity contribution is 5.76. The Morgan fingerprint density at radius 3 is 3.10 bits per heavy atom. The van der Waals surface area contributed by atoms with Crippen molar-refractivity contribution < 1.29 is 9.53 Å². The summed E-state index contributed by atoms with van der Waals surface area (Å²) < 4.78 is 7.33. The Balaban J connectivity index is 1.53. The van der Waals surface area contributed by atoms with Gasteiger partial charge in [-0.2, -0.15) is 10.2 Å². The lowest BCUT2D eigenvalue weighted by atomic mass is 10.3. The molecule has 3 heterocycles. The molecule has 3 rings (SSSR count). The molecule has 0 radical (unpaired) electrons. The first-order valence-corrected chi connectivity index (χ1v) is 6.51. The molecule has 1 saturated heterocycles. The number of amides is 1. The van der Waals surface area contributed by atoms with Crippen molar-refractivity contribution in [3.63, 3.8) is 0 Å². The lowest BCUT2D eigenvalue weighted by molar-refractivity contribution is -0.131. The highest BCUT2D eigenvalue weighted by Crippen LogP contribution is 2.16. The van der Waals surface area contributed by atoms with Crippen molar-refractivity contribution in [3.8, 4) is 5.88 Å². The van der Waals surface area contributed by atoms with E-state index in [2.05, 4.69) is 15.3 Å². The molecule has 7 nitrogen and oxygen atoms in total. The number of hydrogen-bond acceptors (Lipinski definition) is 5. The third kappa shape index (κ3) is 2.93. The van der Waals surface area contributed by atoms with Crippen LogP contribution in [0.15, 0.2) is 36.8 Å². The van der Waals surface area contributed by atoms with Gasteiger partial charge in [-0.25, -0.2) is 0 Å². The number of hydrogen-bond donors (Lipinski definition) is 0. The average molecular weight is 273 g/mol. The lowest BCUT2D eigenvalue weighted by Gasteiger charge is -2.16. The van der Waals surface area contributed by atoms with E-state index in [-0.39, 0.29) is 18.6 Å². The van der Waals surface area contributed by atoms with Gasteiger partial charge < -0.3 is 9.64 Å². The Hall–Kier alpha value is -2.44. The number of rotatable bonds is 4. The normalized spacial score (nSPS) is 18.2. The van der Waals surface area contributed by atoms with E-state index in [0.717, 1.165) is 6.42 Å². The number of carbonyl (C=O) groups is 1. The number of carbonyl (C=O) groups excluding carboxylic acids is 1. The molecule has 1 aliphatic heterocycles. The second-order valence-corrected chi connectivity index (χ2v) is 4.63. The fourth-order valence-electron chi connectivity index (χ4n) is 2.20. The number of likely N-dealkylation sites (tertiary alicyclic amines) is 1. The van der Waals surface area contributed by atoms with Crippen LogP contribution in [0, 0.1) is 0 Å². The molecule has 0 saturated carbocycles. The molecule has 0 unspecified atom stereocenters. The van der Waals surface area contributed by atoms with Crippen molar-refractivity contribution in [2.24, 2.45) is 0 Å². The molecule has 104 valence electrons. The van der Waals surface area contributed by atoms with E-state index >= 15 is 0 Å². The molecule has 0 bridgehead atoms. The van der Waals surface area contributed by atoms with Crippen molar-refractivity contribution in [2.45, 2.75) is 19.1 Å². The summed E-state index contributed by atoms with van der Waals surface area (Å²) in [5.41, 5.74) is 0. The minimum absolute atomic E-state index is 0.0201. The average Bonchev–Trinajstić information content (AvgIpc) is 3.11. The molecule has 1 amide bonds. The second kappa shape index (κ2) is 5.68. The van der Waals surface area contributed by atoms with Crippen LogP contribution >= 0.6 is 0 Å². The van der Waals surface area contributed by atoms with Gasteiger partial charge >= 0.3 is 0 Å². The summed E-state index contributed by atoms with van der Waals surface area (Å²) in [7, 11) is 0. The fraction of sp³-hybridized carbons (Fsp3) is 0.385. The molecular formula is C13H15N5O2. The number of aromatic nitrogens is 4. The van der Waals surface area contributed by atoms with Crippen molar-refractivity contribution >= 4 is 5.91 Å². The van der Waals surface area contributed by atoms with Gasteiger partial charge in [-0.1, -0.05) is 0 Å². The molecule has 7 heteroatoms. The van der Waals surface area contributed by atoms with E-state index in [1.807, 2.05) is 0 Å². The van der Waals surface area contributed by atoms with Gasteiger partial charge in [0.15, 0.2) is 0 Å². The summed E-state index contributed by atoms with van der Waals surface area (Å²) in [6.07, 6.45) is 5.83. The molecule has 1 aliphatic rings. The predicted molar refractivity (Wildman–Crippen MR) is 69.9 cm³/mol. The number of nitrogens with zero attached hydrogens (tertiary/aromatic N) is 5. The molecule has 0 spiro atoms. The minimum atomic E-state index is -0.0201. The van der Waals surface area contributed by atoms with Crippen LogP contribution in [-0.2, 0) is 11.3 Å². The Morgan fingerprint density at radius 2 is 2.35 bits per heavy atom. The summed E-state index contributed by atoms with van der Waals surface area (Å²) in [4.78, 5) is 13.9. The van der Waals surface area contributed by atoms with E-state index in [0.29, 0.717) is 19.0 Å². The molecule has 2 aromatic rings. The zero-order chi connectivity index (χ0) is 13.8. The van der Waals surface area contributed by atoms with E-state index in [4.69, 9.17) is 4.74 Å². The van der Waals surface area contributed by atoms with Gasteiger partial charge in [0.2, 0.25) is 11.8 Å². The van der Waals surface area contributed by atoms with Crippen LogP contribution in [-0.4, -0.2) is 50.0 Å². The Labute approximate surface area is 116 Å². The maximum atomic E-state index is 12.1. The summed E-state index contributed by atoms with van der Waals surface area (Å²) in [6, 6.07) is 5.34. The van der Waals surface area contributed by atoms with E-state index < -0.39 is 0 Å². The molecule has 0 aliphatic carbocycles. The summed E-state index contributed by atoms with van der Waals surface area (Å²) in [5.74, 6) is 0.554. The van der Waals surface area contributed by atoms with Gasteiger partial charge in [0, 0.05) is 37.6 Å². The molecule has 0 aromatic carbocycles. The van der Waals surface area contributed by atoms with Crippen LogP contribution in [0.5, 0.6) is 5.88 Å². The zero-order valence-electron chi connectivity index (χ0n) is 10.9. The first-order chi connectivity index (χ1) is 9.81. The quantitative estimate of drug-likeness (QED) is 0.804. The first-order valence-electron chi connectivity index (χ1n) is 6.51. The molecule has 1 atom stereocenters. The highest BCUT2D eigenvalue weighted by Gasteiger charge is 2.27. The van der Waals surface area contributed by atoms with E-state index in [1.165, 1.54) is 0 Å². The zero-order valence-corrected chi connectivity index (χ0v) is 10.9. The van der Waals surface area contributed by atoms with Crippen molar-refractivity contribution in [2.75, 3.05) is 13.1 Å². The number of ether oxygens (including phenoxy) is 1. The standard InChI is InChI=1S/C13H15N5O2/c19-13(10-18-7-2-6-15-18)17-8-4-11(9-17)20-12-3-1-5-14-16-12/h1-3,5-7,11H,4,8-10H2/t11-/m1/s1. The first kappa shape index (κ1) is 12.6. The van der Waals surface area contributed by atoms with E-state index in [9.17, 15) is 4.79 Å². The largest absolute Gasteiger partial charge is 0.471 e. The van der Waals surface area contributed by atoms with Gasteiger partial charge in [-0.15, -0.1) is 5.10 Å². The van der Waals surface area contributed by atoms with Gasteiger partial charge in [0.25, 0.3) is 0 Å². The van der Waals surface area contributed by atoms with Crippen molar-refractivity contribution in [1.29, 1.82) is 0 Å². The van der Waals surface area contributed by atoms with Crippen LogP contribution in [0.3, 0.4) is 0 Å². The minimum Gasteiger partial charge on any atom is -0.471 e. The second-order valence-electron chi connectivity index (χ2n) is 4.63. The Kier molecular flexibility index (Phi) is 3.58. The van der Waals surface area contributed by atoms with Crippen LogP contribution in [0.25, 0.3) is 0 Å². The van der Waals surface area contributed by atoms with Gasteiger partial charge in [0.05, 0.1) is 6.54 Å². The highest BCUT2D eigenvalue weighted by atomic mass is 16.5. The van der Waals surface area contributed by atoms with Crippen LogP contribution in [0.2, 0.25) is 0 Å². The molecule has 0 N–H and O–H groups in total. The lowest BCUT2D eigenvalue weighted by Crippen LogP contribution is -2.33. The summed E-state index contributed by atoms with van der Waals surface area (Å²) in [6.45, 7) is 1.55. The van der Waals surface area contributed by atoms with Gasteiger partial charge in [-0.3, -0.25) is 9.48 Å². The molecule has 20 heavy (non-hydrogen) atoms. The third-order valence-electron chi connectivity index (χ3n) is 3.19. The predicted octanol–water partition coefficient (Wildman–Crippen LogP) is 0.353. The van der Waals surface area contributed by atoms with Gasteiger partial charge in [0.1, 0.15) is 12.6 Å². The topological polar surface area (TPSA) is 73.1 Å². The molecule has 1 fully saturated rings. The van der Waals surface area contributed by atoms with Crippen LogP contribution in [0.4, 0.5) is 0 Å². The molecular weight excluding hydrogens is 258 g/mol. The fourth-order valence-corrected chi connectivity index (χ4v) is 2.20. The van der Waals surface area contributed by atoms with Crippen LogP contribution < -0.4 is 4.74 Å². The third-order valence-corrected chi connectivity index (χ3v) is 3.19. The monoisotopic (exact) mass is 273 g/mol. The Bertz CT molecular complexity index is 557. The van der Waals surface area contributed by atoms with Gasteiger partial charge in [-0.05, 0) is 12.1 Å². The summed E-state index contributed by atoms with van der Waals surface area (Å²) >= 11 is 0. The van der Waals surface area contributed by atoms with Crippen molar-refractivity contribution in [1.82, 2.24) is 24.9 Å². The van der Waals surface area contributed by atoms with Crippen molar-refractivity contribution in [3.05, 3.63) is 36.8 Å².